The van der Waals surface area contributed by atoms with Gasteiger partial charge in [-0.2, -0.15) is 0 Å². The van der Waals surface area contributed by atoms with Crippen LogP contribution in [0.3, 0.4) is 0 Å². The summed E-state index contributed by atoms with van der Waals surface area (Å²) >= 11 is 0. The predicted octanol–water partition coefficient (Wildman–Crippen LogP) is 2.31. The van der Waals surface area contributed by atoms with Crippen LogP contribution in [0.15, 0.2) is 59.2 Å². The number of nitrogens with one attached hydrogen (secondary N) is 1. The zero-order valence-electron chi connectivity index (χ0n) is 15.2. The lowest BCUT2D eigenvalue weighted by Crippen LogP contribution is -2.28. The summed E-state index contributed by atoms with van der Waals surface area (Å²) in [6.07, 6.45) is 1.42. The van der Waals surface area contributed by atoms with E-state index < -0.39 is 28.4 Å². The molecule has 150 valence electrons. The monoisotopic (exact) mass is 406 g/mol. The van der Waals surface area contributed by atoms with E-state index in [0.29, 0.717) is 5.76 Å². The number of carbonyl (C=O) groups excluding carboxylic acids is 3. The first-order valence-corrected chi connectivity index (χ1v) is 8.64. The number of carbonyl (C=O) groups is 3. The fourth-order valence-corrected chi connectivity index (χ4v) is 3.06. The zero-order chi connectivity index (χ0) is 21.4. The highest BCUT2D eigenvalue weighted by Crippen LogP contribution is 2.28. The average molecular weight is 406 g/mol. The third-order valence-corrected chi connectivity index (χ3v) is 4.55. The highest BCUT2D eigenvalue weighted by molar-refractivity contribution is 6.22. The van der Waals surface area contributed by atoms with Crippen molar-refractivity contribution in [1.29, 1.82) is 0 Å². The highest BCUT2D eigenvalue weighted by Gasteiger charge is 2.36. The molecule has 0 unspecified atom stereocenters. The maximum Gasteiger partial charge on any atom is 0.271 e. The van der Waals surface area contributed by atoms with Crippen LogP contribution >= 0.6 is 0 Å². The minimum atomic E-state index is -0.750. The van der Waals surface area contributed by atoms with Crippen molar-refractivity contribution >= 4 is 29.1 Å². The van der Waals surface area contributed by atoms with Gasteiger partial charge in [0.15, 0.2) is 0 Å². The van der Waals surface area contributed by atoms with Crippen molar-refractivity contribution in [1.82, 2.24) is 4.90 Å². The Hall–Kier alpha value is -4.47. The van der Waals surface area contributed by atoms with Crippen LogP contribution in [0.2, 0.25) is 0 Å². The van der Waals surface area contributed by atoms with Gasteiger partial charge >= 0.3 is 0 Å². The van der Waals surface area contributed by atoms with Gasteiger partial charge in [0, 0.05) is 23.4 Å². The Morgan fingerprint density at radius 1 is 1.07 bits per heavy atom. The summed E-state index contributed by atoms with van der Waals surface area (Å²) in [6, 6.07) is 10.1. The molecular weight excluding hydrogens is 394 g/mol. The van der Waals surface area contributed by atoms with Gasteiger partial charge in [-0.25, -0.2) is 0 Å². The summed E-state index contributed by atoms with van der Waals surface area (Å²) in [5.41, 5.74) is -0.422. The molecule has 1 N–H and O–H groups in total. The number of hydrogen-bond donors (Lipinski definition) is 1. The first kappa shape index (κ1) is 18.9. The minimum Gasteiger partial charge on any atom is -0.871 e. The van der Waals surface area contributed by atoms with E-state index in [1.165, 1.54) is 24.5 Å². The van der Waals surface area contributed by atoms with E-state index in [9.17, 15) is 29.6 Å². The van der Waals surface area contributed by atoms with Gasteiger partial charge in [0.25, 0.3) is 23.4 Å². The predicted molar refractivity (Wildman–Crippen MR) is 99.8 cm³/mol. The third-order valence-electron chi connectivity index (χ3n) is 4.55. The number of nitrogens with zero attached hydrogens (tertiary/aromatic N) is 2. The van der Waals surface area contributed by atoms with Gasteiger partial charge in [0.2, 0.25) is 0 Å². The molecule has 4 rings (SSSR count). The van der Waals surface area contributed by atoms with Crippen molar-refractivity contribution in [3.8, 4) is 5.75 Å². The summed E-state index contributed by atoms with van der Waals surface area (Å²) in [5.74, 6) is -2.03. The van der Waals surface area contributed by atoms with Crippen LogP contribution in [0.5, 0.6) is 5.75 Å². The van der Waals surface area contributed by atoms with Crippen molar-refractivity contribution in [2.24, 2.45) is 0 Å². The Morgan fingerprint density at radius 2 is 1.83 bits per heavy atom. The number of anilines is 1. The van der Waals surface area contributed by atoms with Gasteiger partial charge in [0.05, 0.1) is 28.9 Å². The molecule has 30 heavy (non-hydrogen) atoms. The summed E-state index contributed by atoms with van der Waals surface area (Å²) in [7, 11) is 0. The van der Waals surface area contributed by atoms with Crippen LogP contribution in [0.25, 0.3) is 0 Å². The molecular formula is C20H12N3O7-. The van der Waals surface area contributed by atoms with E-state index in [1.54, 1.807) is 12.1 Å². The Kier molecular flexibility index (Phi) is 4.51. The number of nitro benzene ring substituents is 1. The number of furan rings is 1. The fraction of sp³-hybridized carbons (Fsp3) is 0.0500. The van der Waals surface area contributed by atoms with Gasteiger partial charge in [0.1, 0.15) is 5.76 Å². The molecule has 1 aliphatic rings. The first-order chi connectivity index (χ1) is 14.3. The second-order valence-corrected chi connectivity index (χ2v) is 6.43. The molecule has 1 aliphatic heterocycles. The molecule has 0 aliphatic carbocycles. The van der Waals surface area contributed by atoms with Crippen molar-refractivity contribution in [2.45, 2.75) is 6.54 Å². The maximum absolute atomic E-state index is 12.6. The van der Waals surface area contributed by atoms with Crippen LogP contribution in [0.1, 0.15) is 36.8 Å². The molecule has 2 aromatic carbocycles. The number of non-ortho nitro benzene ring substituents is 1. The molecule has 0 atom stereocenters. The molecule has 0 spiro atoms. The first-order valence-electron chi connectivity index (χ1n) is 8.64. The Morgan fingerprint density at radius 3 is 2.53 bits per heavy atom. The Balaban J connectivity index is 1.58. The normalized spacial score (nSPS) is 12.7. The van der Waals surface area contributed by atoms with Crippen LogP contribution < -0.4 is 10.4 Å². The van der Waals surface area contributed by atoms with Crippen LogP contribution in [-0.4, -0.2) is 27.5 Å². The van der Waals surface area contributed by atoms with Gasteiger partial charge < -0.3 is 14.8 Å². The van der Waals surface area contributed by atoms with E-state index in [0.717, 1.165) is 23.1 Å². The third kappa shape index (κ3) is 3.26. The lowest BCUT2D eigenvalue weighted by Gasteiger charge is -2.14. The smallest absolute Gasteiger partial charge is 0.271 e. The van der Waals surface area contributed by atoms with E-state index in [2.05, 4.69) is 5.32 Å². The van der Waals surface area contributed by atoms with Gasteiger partial charge in [-0.15, -0.1) is 0 Å². The largest absolute Gasteiger partial charge is 0.871 e. The number of imide groups is 1. The molecule has 0 saturated heterocycles. The van der Waals surface area contributed by atoms with Crippen LogP contribution in [-0.2, 0) is 6.54 Å². The molecule has 1 aromatic heterocycles. The number of benzene rings is 2. The van der Waals surface area contributed by atoms with E-state index in [-0.39, 0.29) is 34.6 Å². The molecule has 0 radical (unpaired) electrons. The standard InChI is InChI=1S/C20H13N3O7/c24-17-6-4-12(23(28)29)9-16(17)21-18(25)11-3-5-14-15(8-11)20(27)22(19(14)26)10-13-2-1-7-30-13/h1-9,24H,10H2,(H,21,25)/p-1. The van der Waals surface area contributed by atoms with E-state index in [4.69, 9.17) is 4.42 Å². The lowest BCUT2D eigenvalue weighted by molar-refractivity contribution is -0.385. The van der Waals surface area contributed by atoms with Crippen molar-refractivity contribution < 1.29 is 28.8 Å². The average Bonchev–Trinajstić information content (AvgIpc) is 3.32. The number of nitro groups is 1. The molecule has 3 amide bonds. The Bertz CT molecular complexity index is 1200. The quantitative estimate of drug-likeness (QED) is 0.388. The summed E-state index contributed by atoms with van der Waals surface area (Å²) in [5, 5.41) is 25.1. The van der Waals surface area contributed by atoms with Gasteiger partial charge in [-0.1, -0.05) is 11.8 Å². The number of amides is 3. The number of rotatable bonds is 5. The number of fused-ring (bicyclic) bond motifs is 1. The summed E-state index contributed by atoms with van der Waals surface area (Å²) < 4.78 is 5.17. The van der Waals surface area contributed by atoms with Crippen LogP contribution in [0, 0.1) is 10.1 Å². The maximum atomic E-state index is 12.6. The fourth-order valence-electron chi connectivity index (χ4n) is 3.06. The molecule has 3 aromatic rings. The molecule has 10 nitrogen and oxygen atoms in total. The molecule has 0 saturated carbocycles. The SMILES string of the molecule is O=C(Nc1cc([N+](=O)[O-])ccc1[O-])c1ccc2c(c1)C(=O)N(Cc1ccco1)C2=O. The van der Waals surface area contributed by atoms with Crippen molar-refractivity contribution in [3.63, 3.8) is 0 Å². The summed E-state index contributed by atoms with van der Waals surface area (Å²) in [6.45, 7) is -0.0475. The minimum absolute atomic E-state index is 0.0145. The second-order valence-electron chi connectivity index (χ2n) is 6.43. The molecule has 0 bridgehead atoms. The second kappa shape index (κ2) is 7.17. The van der Waals surface area contributed by atoms with Crippen molar-refractivity contribution in [3.05, 3.63) is 87.4 Å². The van der Waals surface area contributed by atoms with E-state index >= 15 is 0 Å². The summed E-state index contributed by atoms with van der Waals surface area (Å²) in [4.78, 5) is 48.9. The Labute approximate surface area is 168 Å². The van der Waals surface area contributed by atoms with Gasteiger partial charge in [-0.3, -0.25) is 29.4 Å². The molecule has 2 heterocycles. The van der Waals surface area contributed by atoms with Crippen LogP contribution in [0.4, 0.5) is 11.4 Å². The zero-order valence-corrected chi connectivity index (χ0v) is 15.2. The van der Waals surface area contributed by atoms with Gasteiger partial charge in [-0.05, 0) is 30.3 Å². The van der Waals surface area contributed by atoms with Crippen molar-refractivity contribution in [2.75, 3.05) is 5.32 Å². The highest BCUT2D eigenvalue weighted by atomic mass is 16.6. The number of hydrogen-bond acceptors (Lipinski definition) is 7. The topological polar surface area (TPSA) is 146 Å². The van der Waals surface area contributed by atoms with E-state index in [1.807, 2.05) is 0 Å². The molecule has 10 heteroatoms. The lowest BCUT2D eigenvalue weighted by atomic mass is 10.1. The molecule has 0 fully saturated rings.